The molecule has 2 aromatic carbocycles. The van der Waals surface area contributed by atoms with Gasteiger partial charge in [0.05, 0.1) is 18.1 Å². The van der Waals surface area contributed by atoms with Crippen molar-refractivity contribution in [2.75, 3.05) is 12.4 Å². The highest BCUT2D eigenvalue weighted by Gasteiger charge is 2.02. The molecule has 0 aliphatic heterocycles. The molecule has 5 heteroatoms. The van der Waals surface area contributed by atoms with Crippen LogP contribution in [0.1, 0.15) is 11.1 Å². The van der Waals surface area contributed by atoms with Gasteiger partial charge in [-0.1, -0.05) is 12.1 Å². The number of aromatic amines is 2. The first-order valence-corrected chi connectivity index (χ1v) is 6.75. The number of hydrogen-bond donors (Lipinski definition) is 3. The van der Waals surface area contributed by atoms with Crippen LogP contribution in [0.2, 0.25) is 0 Å². The Bertz CT molecular complexity index is 833. The summed E-state index contributed by atoms with van der Waals surface area (Å²) in [7, 11) is 1.67. The van der Waals surface area contributed by atoms with Crippen LogP contribution in [0.5, 0.6) is 5.75 Å². The summed E-state index contributed by atoms with van der Waals surface area (Å²) in [5.74, 6) is 0.894. The van der Waals surface area contributed by atoms with Crippen LogP contribution in [-0.2, 0) is 6.54 Å². The van der Waals surface area contributed by atoms with Gasteiger partial charge in [0.1, 0.15) is 5.75 Å². The first-order valence-electron chi connectivity index (χ1n) is 6.75. The van der Waals surface area contributed by atoms with Gasteiger partial charge in [0.25, 0.3) is 0 Å². The fourth-order valence-electron chi connectivity index (χ4n) is 2.40. The molecule has 21 heavy (non-hydrogen) atoms. The van der Waals surface area contributed by atoms with Gasteiger partial charge in [0.2, 0.25) is 0 Å². The van der Waals surface area contributed by atoms with Crippen LogP contribution >= 0.6 is 0 Å². The highest BCUT2D eigenvalue weighted by atomic mass is 16.5. The molecule has 0 aliphatic rings. The normalized spacial score (nSPS) is 10.8. The number of methoxy groups -OCH3 is 1. The Morgan fingerprint density at radius 3 is 2.67 bits per heavy atom. The van der Waals surface area contributed by atoms with Gasteiger partial charge in [0, 0.05) is 12.2 Å². The zero-order chi connectivity index (χ0) is 14.8. The summed E-state index contributed by atoms with van der Waals surface area (Å²) in [5.41, 5.74) is 4.68. The average Bonchev–Trinajstić information content (AvgIpc) is 2.84. The first kappa shape index (κ1) is 13.3. The average molecular weight is 283 g/mol. The number of rotatable bonds is 4. The van der Waals surface area contributed by atoms with E-state index in [0.717, 1.165) is 28.0 Å². The summed E-state index contributed by atoms with van der Waals surface area (Å²) in [4.78, 5) is 16.7. The predicted molar refractivity (Wildman–Crippen MR) is 84.0 cm³/mol. The highest BCUT2D eigenvalue weighted by Crippen LogP contribution is 2.20. The van der Waals surface area contributed by atoms with Gasteiger partial charge in [-0.25, -0.2) is 4.79 Å². The molecule has 3 rings (SSSR count). The van der Waals surface area contributed by atoms with E-state index in [-0.39, 0.29) is 5.69 Å². The SMILES string of the molecule is COc1ccc(CNc2ccc3[nH]c(=O)[nH]c3c2)cc1C. The Morgan fingerprint density at radius 1 is 1.10 bits per heavy atom. The Labute approximate surface area is 122 Å². The maximum Gasteiger partial charge on any atom is 0.323 e. The van der Waals surface area contributed by atoms with Crippen molar-refractivity contribution in [3.05, 3.63) is 58.0 Å². The predicted octanol–water partition coefficient (Wildman–Crippen LogP) is 2.79. The van der Waals surface area contributed by atoms with E-state index in [0.29, 0.717) is 6.54 Å². The van der Waals surface area contributed by atoms with Crippen molar-refractivity contribution in [3.63, 3.8) is 0 Å². The lowest BCUT2D eigenvalue weighted by molar-refractivity contribution is 0.411. The van der Waals surface area contributed by atoms with Crippen LogP contribution in [0.3, 0.4) is 0 Å². The topological polar surface area (TPSA) is 69.9 Å². The Balaban J connectivity index is 1.76. The van der Waals surface area contributed by atoms with Crippen molar-refractivity contribution in [1.29, 1.82) is 0 Å². The maximum atomic E-state index is 11.2. The second-order valence-electron chi connectivity index (χ2n) is 5.00. The zero-order valence-electron chi connectivity index (χ0n) is 12.0. The Hall–Kier alpha value is -2.69. The third-order valence-electron chi connectivity index (χ3n) is 3.47. The fraction of sp³-hybridized carbons (Fsp3) is 0.188. The molecule has 3 aromatic rings. The number of imidazole rings is 1. The smallest absolute Gasteiger partial charge is 0.323 e. The van der Waals surface area contributed by atoms with Crippen molar-refractivity contribution < 1.29 is 4.74 Å². The largest absolute Gasteiger partial charge is 0.496 e. The van der Waals surface area contributed by atoms with Crippen LogP contribution in [0.4, 0.5) is 5.69 Å². The minimum absolute atomic E-state index is 0.187. The van der Waals surface area contributed by atoms with Gasteiger partial charge < -0.3 is 20.0 Å². The molecule has 0 unspecified atom stereocenters. The maximum absolute atomic E-state index is 11.2. The van der Waals surface area contributed by atoms with Gasteiger partial charge in [-0.3, -0.25) is 0 Å². The van der Waals surface area contributed by atoms with E-state index in [1.54, 1.807) is 7.11 Å². The van der Waals surface area contributed by atoms with Crippen molar-refractivity contribution >= 4 is 16.7 Å². The van der Waals surface area contributed by atoms with Crippen LogP contribution in [0, 0.1) is 6.92 Å². The van der Waals surface area contributed by atoms with Gasteiger partial charge in [0.15, 0.2) is 0 Å². The molecule has 0 spiro atoms. The van der Waals surface area contributed by atoms with Crippen molar-refractivity contribution in [2.45, 2.75) is 13.5 Å². The first-order chi connectivity index (χ1) is 10.2. The lowest BCUT2D eigenvalue weighted by atomic mass is 10.1. The molecule has 3 N–H and O–H groups in total. The third kappa shape index (κ3) is 2.76. The molecule has 1 aromatic heterocycles. The molecule has 0 fully saturated rings. The number of ether oxygens (including phenoxy) is 1. The Kier molecular flexibility index (Phi) is 3.39. The second-order valence-corrected chi connectivity index (χ2v) is 5.00. The van der Waals surface area contributed by atoms with Crippen LogP contribution in [0.25, 0.3) is 11.0 Å². The lowest BCUT2D eigenvalue weighted by Gasteiger charge is -2.09. The molecular formula is C16H17N3O2. The van der Waals surface area contributed by atoms with Gasteiger partial charge in [-0.15, -0.1) is 0 Å². The standard InChI is InChI=1S/C16H17N3O2/c1-10-7-11(3-6-15(10)21-2)9-17-12-4-5-13-14(8-12)19-16(20)18-13/h3-8,17H,9H2,1-2H3,(H2,18,19,20). The van der Waals surface area contributed by atoms with Crippen LogP contribution in [-0.4, -0.2) is 17.1 Å². The summed E-state index contributed by atoms with van der Waals surface area (Å²) >= 11 is 0. The number of aromatic nitrogens is 2. The lowest BCUT2D eigenvalue weighted by Crippen LogP contribution is -2.00. The highest BCUT2D eigenvalue weighted by molar-refractivity contribution is 5.78. The van der Waals surface area contributed by atoms with Crippen LogP contribution < -0.4 is 15.7 Å². The molecule has 0 saturated heterocycles. The number of H-pyrrole nitrogens is 2. The number of benzene rings is 2. The summed E-state index contributed by atoms with van der Waals surface area (Å²) < 4.78 is 5.26. The number of anilines is 1. The number of hydrogen-bond acceptors (Lipinski definition) is 3. The van der Waals surface area contributed by atoms with E-state index in [1.807, 2.05) is 37.3 Å². The molecule has 0 atom stereocenters. The minimum atomic E-state index is -0.187. The molecule has 0 bridgehead atoms. The van der Waals surface area contributed by atoms with Crippen LogP contribution in [0.15, 0.2) is 41.2 Å². The second kappa shape index (κ2) is 5.36. The molecule has 0 aliphatic carbocycles. The minimum Gasteiger partial charge on any atom is -0.496 e. The molecule has 0 radical (unpaired) electrons. The number of fused-ring (bicyclic) bond motifs is 1. The van der Waals surface area contributed by atoms with Gasteiger partial charge in [-0.2, -0.15) is 0 Å². The molecule has 1 heterocycles. The van der Waals surface area contributed by atoms with Crippen molar-refractivity contribution in [3.8, 4) is 5.75 Å². The quantitative estimate of drug-likeness (QED) is 0.689. The number of nitrogens with one attached hydrogen (secondary N) is 3. The molecule has 108 valence electrons. The van der Waals surface area contributed by atoms with E-state index >= 15 is 0 Å². The molecule has 0 saturated carbocycles. The molecular weight excluding hydrogens is 266 g/mol. The van der Waals surface area contributed by atoms with Crippen molar-refractivity contribution in [1.82, 2.24) is 9.97 Å². The van der Waals surface area contributed by atoms with Gasteiger partial charge >= 0.3 is 5.69 Å². The monoisotopic (exact) mass is 283 g/mol. The number of aryl methyl sites for hydroxylation is 1. The summed E-state index contributed by atoms with van der Waals surface area (Å²) in [6.45, 7) is 2.74. The van der Waals surface area contributed by atoms with E-state index in [4.69, 9.17) is 4.74 Å². The molecule has 5 nitrogen and oxygen atoms in total. The summed E-state index contributed by atoms with van der Waals surface area (Å²) in [6.07, 6.45) is 0. The van der Waals surface area contributed by atoms with Crippen molar-refractivity contribution in [2.24, 2.45) is 0 Å². The summed E-state index contributed by atoms with van der Waals surface area (Å²) in [5, 5.41) is 3.35. The molecule has 0 amide bonds. The van der Waals surface area contributed by atoms with Gasteiger partial charge in [-0.05, 0) is 42.3 Å². The third-order valence-corrected chi connectivity index (χ3v) is 3.47. The fourth-order valence-corrected chi connectivity index (χ4v) is 2.40. The van der Waals surface area contributed by atoms with E-state index < -0.39 is 0 Å². The van der Waals surface area contributed by atoms with E-state index in [9.17, 15) is 4.79 Å². The van der Waals surface area contributed by atoms with E-state index in [2.05, 4.69) is 21.4 Å². The Morgan fingerprint density at radius 2 is 1.90 bits per heavy atom. The summed E-state index contributed by atoms with van der Waals surface area (Å²) in [6, 6.07) is 11.9. The van der Waals surface area contributed by atoms with E-state index in [1.165, 1.54) is 5.56 Å². The zero-order valence-corrected chi connectivity index (χ0v) is 12.0.